The van der Waals surface area contributed by atoms with Gasteiger partial charge in [-0.25, -0.2) is 4.98 Å². The lowest BCUT2D eigenvalue weighted by molar-refractivity contribution is -0.113. The molecule has 0 saturated heterocycles. The van der Waals surface area contributed by atoms with Gasteiger partial charge in [-0.3, -0.25) is 9.78 Å². The second kappa shape index (κ2) is 5.04. The van der Waals surface area contributed by atoms with Crippen molar-refractivity contribution in [2.45, 2.75) is 0 Å². The molecule has 1 rings (SSSR count). The standard InChI is InChI=1S/C7H8ClN3OS/c1-13-4-7(12)11-6-3-9-2-5(8)10-6/h2-3H,4H2,1H3,(H,10,11,12). The van der Waals surface area contributed by atoms with E-state index in [0.29, 0.717) is 11.6 Å². The van der Waals surface area contributed by atoms with Crippen molar-refractivity contribution in [2.75, 3.05) is 17.3 Å². The SMILES string of the molecule is CSCC(=O)Nc1cncc(Cl)n1. The number of halogens is 1. The van der Waals surface area contributed by atoms with Crippen LogP contribution in [0.3, 0.4) is 0 Å². The molecule has 0 aliphatic heterocycles. The third-order valence-corrected chi connectivity index (χ3v) is 1.88. The maximum Gasteiger partial charge on any atom is 0.235 e. The molecule has 6 heteroatoms. The first kappa shape index (κ1) is 10.3. The zero-order valence-electron chi connectivity index (χ0n) is 6.95. The van der Waals surface area contributed by atoms with E-state index < -0.39 is 0 Å². The Labute approximate surface area is 85.1 Å². The van der Waals surface area contributed by atoms with Crippen LogP contribution in [0.1, 0.15) is 0 Å². The fourth-order valence-electron chi connectivity index (χ4n) is 0.712. The maximum absolute atomic E-state index is 11.1. The van der Waals surface area contributed by atoms with E-state index >= 15 is 0 Å². The molecule has 13 heavy (non-hydrogen) atoms. The molecule has 0 aromatic carbocycles. The predicted molar refractivity (Wildman–Crippen MR) is 54.1 cm³/mol. The monoisotopic (exact) mass is 217 g/mol. The zero-order valence-corrected chi connectivity index (χ0v) is 8.52. The molecular formula is C7H8ClN3OS. The Bertz CT molecular complexity index is 308. The first-order valence-corrected chi connectivity index (χ1v) is 5.26. The Hall–Kier alpha value is -0.810. The summed E-state index contributed by atoms with van der Waals surface area (Å²) in [6.07, 6.45) is 4.71. The van der Waals surface area contributed by atoms with Crippen LogP contribution in [0.5, 0.6) is 0 Å². The summed E-state index contributed by atoms with van der Waals surface area (Å²) >= 11 is 7.02. The number of hydrogen-bond donors (Lipinski definition) is 1. The summed E-state index contributed by atoms with van der Waals surface area (Å²) in [5, 5.41) is 2.83. The number of amides is 1. The van der Waals surface area contributed by atoms with E-state index in [9.17, 15) is 4.79 Å². The Kier molecular flexibility index (Phi) is 3.98. The van der Waals surface area contributed by atoms with Crippen molar-refractivity contribution < 1.29 is 4.79 Å². The van der Waals surface area contributed by atoms with Crippen LogP contribution in [0.15, 0.2) is 12.4 Å². The van der Waals surface area contributed by atoms with Gasteiger partial charge >= 0.3 is 0 Å². The summed E-state index contributed by atoms with van der Waals surface area (Å²) in [5.41, 5.74) is 0. The average Bonchev–Trinajstić information content (AvgIpc) is 2.04. The molecule has 4 nitrogen and oxygen atoms in total. The van der Waals surface area contributed by atoms with Crippen molar-refractivity contribution in [1.29, 1.82) is 0 Å². The number of thioether (sulfide) groups is 1. The summed E-state index contributed by atoms with van der Waals surface area (Å²) in [4.78, 5) is 18.7. The van der Waals surface area contributed by atoms with E-state index in [1.807, 2.05) is 6.26 Å². The van der Waals surface area contributed by atoms with Gasteiger partial charge in [0.25, 0.3) is 0 Å². The fourth-order valence-corrected chi connectivity index (χ4v) is 1.19. The van der Waals surface area contributed by atoms with Crippen LogP contribution in [0, 0.1) is 0 Å². The Balaban J connectivity index is 2.58. The van der Waals surface area contributed by atoms with Crippen molar-refractivity contribution in [3.05, 3.63) is 17.5 Å². The highest BCUT2D eigenvalue weighted by Crippen LogP contribution is 2.06. The van der Waals surface area contributed by atoms with Crippen molar-refractivity contribution in [3.8, 4) is 0 Å². The minimum atomic E-state index is -0.107. The number of nitrogens with zero attached hydrogens (tertiary/aromatic N) is 2. The minimum absolute atomic E-state index is 0.107. The maximum atomic E-state index is 11.1. The van der Waals surface area contributed by atoms with E-state index in [0.717, 1.165) is 0 Å². The molecule has 0 saturated carbocycles. The summed E-state index contributed by atoms with van der Waals surface area (Å²) in [6.45, 7) is 0. The summed E-state index contributed by atoms with van der Waals surface area (Å²) in [6, 6.07) is 0. The second-order valence-corrected chi connectivity index (χ2v) is 3.46. The first-order chi connectivity index (χ1) is 6.22. The van der Waals surface area contributed by atoms with Gasteiger partial charge in [0.15, 0.2) is 5.82 Å². The molecule has 0 unspecified atom stereocenters. The normalized spacial score (nSPS) is 9.69. The number of rotatable bonds is 3. The lowest BCUT2D eigenvalue weighted by Gasteiger charge is -2.01. The number of carbonyl (C=O) groups excluding carboxylic acids is 1. The molecule has 0 aliphatic carbocycles. The number of anilines is 1. The molecule has 1 aromatic rings. The molecule has 1 aromatic heterocycles. The molecule has 1 amide bonds. The Morgan fingerprint density at radius 3 is 3.08 bits per heavy atom. The lowest BCUT2D eigenvalue weighted by atomic mass is 10.6. The molecule has 0 atom stereocenters. The highest BCUT2D eigenvalue weighted by atomic mass is 35.5. The van der Waals surface area contributed by atoms with E-state index in [1.54, 1.807) is 0 Å². The highest BCUT2D eigenvalue weighted by molar-refractivity contribution is 7.99. The van der Waals surface area contributed by atoms with Gasteiger partial charge < -0.3 is 5.32 Å². The smallest absolute Gasteiger partial charge is 0.235 e. The lowest BCUT2D eigenvalue weighted by Crippen LogP contribution is -2.14. The highest BCUT2D eigenvalue weighted by Gasteiger charge is 2.02. The van der Waals surface area contributed by atoms with Gasteiger partial charge in [-0.15, -0.1) is 0 Å². The number of aromatic nitrogens is 2. The molecule has 0 fully saturated rings. The molecule has 1 N–H and O–H groups in total. The van der Waals surface area contributed by atoms with Gasteiger partial charge in [0.05, 0.1) is 18.1 Å². The van der Waals surface area contributed by atoms with Gasteiger partial charge in [0.2, 0.25) is 5.91 Å². The third kappa shape index (κ3) is 3.61. The van der Waals surface area contributed by atoms with Crippen LogP contribution in [0.2, 0.25) is 5.15 Å². The van der Waals surface area contributed by atoms with Crippen molar-refractivity contribution in [1.82, 2.24) is 9.97 Å². The van der Waals surface area contributed by atoms with E-state index in [4.69, 9.17) is 11.6 Å². The van der Waals surface area contributed by atoms with Gasteiger partial charge in [0.1, 0.15) is 5.15 Å². The summed E-state index contributed by atoms with van der Waals surface area (Å²) in [5.74, 6) is 0.671. The van der Waals surface area contributed by atoms with E-state index in [2.05, 4.69) is 15.3 Å². The quantitative estimate of drug-likeness (QED) is 0.833. The summed E-state index contributed by atoms with van der Waals surface area (Å²) < 4.78 is 0. The predicted octanol–water partition coefficient (Wildman–Crippen LogP) is 1.43. The molecule has 0 bridgehead atoms. The van der Waals surface area contributed by atoms with Crippen LogP contribution < -0.4 is 5.32 Å². The van der Waals surface area contributed by atoms with Crippen LogP contribution in [0.4, 0.5) is 5.82 Å². The van der Waals surface area contributed by atoms with Crippen LogP contribution in [0.25, 0.3) is 0 Å². The third-order valence-electron chi connectivity index (χ3n) is 1.15. The van der Waals surface area contributed by atoms with Gasteiger partial charge in [-0.2, -0.15) is 11.8 Å². The van der Waals surface area contributed by atoms with Gasteiger partial charge in [0, 0.05) is 0 Å². The number of nitrogens with one attached hydrogen (secondary N) is 1. The molecule has 0 radical (unpaired) electrons. The van der Waals surface area contributed by atoms with Crippen molar-refractivity contribution in [2.24, 2.45) is 0 Å². The van der Waals surface area contributed by atoms with E-state index in [-0.39, 0.29) is 11.1 Å². The first-order valence-electron chi connectivity index (χ1n) is 3.48. The Morgan fingerprint density at radius 1 is 1.69 bits per heavy atom. The zero-order chi connectivity index (χ0) is 9.68. The largest absolute Gasteiger partial charge is 0.309 e. The minimum Gasteiger partial charge on any atom is -0.309 e. The molecule has 0 aliphatic rings. The molecule has 0 spiro atoms. The molecular weight excluding hydrogens is 210 g/mol. The molecule has 1 heterocycles. The van der Waals surface area contributed by atoms with Crippen molar-refractivity contribution in [3.63, 3.8) is 0 Å². The molecule has 70 valence electrons. The van der Waals surface area contributed by atoms with Crippen molar-refractivity contribution >= 4 is 35.1 Å². The van der Waals surface area contributed by atoms with Crippen LogP contribution in [-0.2, 0) is 4.79 Å². The van der Waals surface area contributed by atoms with Crippen LogP contribution >= 0.6 is 23.4 Å². The number of carbonyl (C=O) groups is 1. The fraction of sp³-hybridized carbons (Fsp3) is 0.286. The van der Waals surface area contributed by atoms with Gasteiger partial charge in [-0.1, -0.05) is 11.6 Å². The average molecular weight is 218 g/mol. The topological polar surface area (TPSA) is 54.9 Å². The van der Waals surface area contributed by atoms with E-state index in [1.165, 1.54) is 24.2 Å². The summed E-state index contributed by atoms with van der Waals surface area (Å²) in [7, 11) is 0. The second-order valence-electron chi connectivity index (χ2n) is 2.21. The number of hydrogen-bond acceptors (Lipinski definition) is 4. The Morgan fingerprint density at radius 2 is 2.46 bits per heavy atom. The van der Waals surface area contributed by atoms with Crippen LogP contribution in [-0.4, -0.2) is 27.9 Å². The van der Waals surface area contributed by atoms with Gasteiger partial charge in [-0.05, 0) is 6.26 Å².